The van der Waals surface area contributed by atoms with Gasteiger partial charge >= 0.3 is 11.8 Å². The fourth-order valence-corrected chi connectivity index (χ4v) is 3.89. The minimum Gasteiger partial charge on any atom is -0.369 e. The number of carbonyl (C=O) groups is 3. The Hall–Kier alpha value is -2.49. The first kappa shape index (κ1) is 25.8. The maximum atomic E-state index is 12.1. The fourth-order valence-electron chi connectivity index (χ4n) is 3.89. The Morgan fingerprint density at radius 3 is 2.59 bits per heavy atom. The Morgan fingerprint density at radius 1 is 1.12 bits per heavy atom. The van der Waals surface area contributed by atoms with Gasteiger partial charge in [-0.1, -0.05) is 24.3 Å². The highest BCUT2D eigenvalue weighted by atomic mass is 16.2. The second kappa shape index (κ2) is 13.8. The molecule has 1 aliphatic rings. The summed E-state index contributed by atoms with van der Waals surface area (Å²) in [6.07, 6.45) is 3.53. The minimum atomic E-state index is -0.632. The van der Waals surface area contributed by atoms with Crippen LogP contribution in [0.1, 0.15) is 36.8 Å². The molecule has 0 radical (unpaired) electrons. The first-order valence-corrected chi connectivity index (χ1v) is 11.4. The second-order valence-electron chi connectivity index (χ2n) is 8.53. The van der Waals surface area contributed by atoms with Gasteiger partial charge in [0.15, 0.2) is 0 Å². The van der Waals surface area contributed by atoms with E-state index < -0.39 is 11.8 Å². The summed E-state index contributed by atoms with van der Waals surface area (Å²) in [6.45, 7) is 5.51. The van der Waals surface area contributed by atoms with Crippen molar-refractivity contribution >= 4 is 17.7 Å². The molecule has 1 unspecified atom stereocenters. The zero-order valence-electron chi connectivity index (χ0n) is 19.1. The van der Waals surface area contributed by atoms with Crippen LogP contribution in [0.5, 0.6) is 0 Å². The molecule has 0 bridgehead atoms. The predicted molar refractivity (Wildman–Crippen MR) is 124 cm³/mol. The van der Waals surface area contributed by atoms with Crippen molar-refractivity contribution in [3.05, 3.63) is 35.4 Å². The van der Waals surface area contributed by atoms with Crippen LogP contribution in [0.2, 0.25) is 0 Å². The SMILES string of the molecule is CN(CCCN)CCCNC(=O)C(=O)NCc1cccc(CN2CCCC(C(N)=O)C2)c1. The Labute approximate surface area is 190 Å². The number of rotatable bonds is 12. The maximum Gasteiger partial charge on any atom is 0.309 e. The Morgan fingerprint density at radius 2 is 1.84 bits per heavy atom. The number of nitrogens with one attached hydrogen (secondary N) is 2. The second-order valence-corrected chi connectivity index (χ2v) is 8.53. The van der Waals surface area contributed by atoms with Crippen molar-refractivity contribution in [3.8, 4) is 0 Å². The average molecular weight is 447 g/mol. The highest BCUT2D eigenvalue weighted by Crippen LogP contribution is 2.18. The molecule has 2 rings (SSSR count). The molecule has 178 valence electrons. The number of amides is 3. The molecule has 0 aliphatic carbocycles. The lowest BCUT2D eigenvalue weighted by molar-refractivity contribution is -0.139. The van der Waals surface area contributed by atoms with E-state index in [1.807, 2.05) is 31.3 Å². The summed E-state index contributed by atoms with van der Waals surface area (Å²) in [6, 6.07) is 7.90. The van der Waals surface area contributed by atoms with E-state index in [9.17, 15) is 14.4 Å². The average Bonchev–Trinajstić information content (AvgIpc) is 2.79. The predicted octanol–water partition coefficient (Wildman–Crippen LogP) is -0.213. The number of likely N-dealkylation sites (tertiary alicyclic amines) is 1. The molecule has 3 amide bonds. The van der Waals surface area contributed by atoms with Crippen LogP contribution in [0.4, 0.5) is 0 Å². The van der Waals surface area contributed by atoms with Crippen molar-refractivity contribution in [2.75, 3.05) is 46.3 Å². The van der Waals surface area contributed by atoms with Crippen LogP contribution >= 0.6 is 0 Å². The number of nitrogens with zero attached hydrogens (tertiary/aromatic N) is 2. The van der Waals surface area contributed by atoms with Crippen molar-refractivity contribution in [1.29, 1.82) is 0 Å². The van der Waals surface area contributed by atoms with Crippen LogP contribution < -0.4 is 22.1 Å². The number of piperidine rings is 1. The largest absolute Gasteiger partial charge is 0.369 e. The molecule has 1 saturated heterocycles. The molecule has 9 nitrogen and oxygen atoms in total. The molecule has 1 heterocycles. The lowest BCUT2D eigenvalue weighted by atomic mass is 9.97. The fraction of sp³-hybridized carbons (Fsp3) is 0.609. The Bertz CT molecular complexity index is 757. The van der Waals surface area contributed by atoms with Crippen molar-refractivity contribution in [1.82, 2.24) is 20.4 Å². The first-order chi connectivity index (χ1) is 15.4. The first-order valence-electron chi connectivity index (χ1n) is 11.4. The molecule has 1 fully saturated rings. The molecule has 0 spiro atoms. The summed E-state index contributed by atoms with van der Waals surface area (Å²) in [5.74, 6) is -1.57. The molecular weight excluding hydrogens is 408 g/mol. The summed E-state index contributed by atoms with van der Waals surface area (Å²) in [4.78, 5) is 40.0. The van der Waals surface area contributed by atoms with E-state index in [1.54, 1.807) is 0 Å². The van der Waals surface area contributed by atoms with E-state index in [1.165, 1.54) is 0 Å². The van der Waals surface area contributed by atoms with Gasteiger partial charge < -0.3 is 27.0 Å². The Kier molecular flexibility index (Phi) is 11.1. The topological polar surface area (TPSA) is 134 Å². The highest BCUT2D eigenvalue weighted by molar-refractivity contribution is 6.35. The zero-order valence-corrected chi connectivity index (χ0v) is 19.1. The van der Waals surface area contributed by atoms with E-state index in [4.69, 9.17) is 11.5 Å². The van der Waals surface area contributed by atoms with Crippen LogP contribution in [0.25, 0.3) is 0 Å². The van der Waals surface area contributed by atoms with Gasteiger partial charge in [-0.15, -0.1) is 0 Å². The molecule has 1 aromatic carbocycles. The summed E-state index contributed by atoms with van der Waals surface area (Å²) >= 11 is 0. The maximum absolute atomic E-state index is 12.1. The third kappa shape index (κ3) is 9.33. The van der Waals surface area contributed by atoms with Crippen molar-refractivity contribution in [2.45, 2.75) is 38.8 Å². The van der Waals surface area contributed by atoms with Crippen LogP contribution in [-0.2, 0) is 27.5 Å². The standard InChI is InChI=1S/C23H38N6O3/c1-28(11-4-9-24)12-5-10-26-22(31)23(32)27-15-18-6-2-7-19(14-18)16-29-13-3-8-20(17-29)21(25)30/h2,6-7,14,20H,3-5,8-13,15-17,24H2,1H3,(H2,25,30)(H,26,31)(H,27,32). The van der Waals surface area contributed by atoms with Crippen molar-refractivity contribution in [3.63, 3.8) is 0 Å². The van der Waals surface area contributed by atoms with Gasteiger partial charge in [0, 0.05) is 26.2 Å². The number of nitrogens with two attached hydrogens (primary N) is 2. The third-order valence-corrected chi connectivity index (χ3v) is 5.71. The van der Waals surface area contributed by atoms with Gasteiger partial charge in [-0.25, -0.2) is 0 Å². The molecule has 1 atom stereocenters. The van der Waals surface area contributed by atoms with Gasteiger partial charge in [0.2, 0.25) is 5.91 Å². The third-order valence-electron chi connectivity index (χ3n) is 5.71. The smallest absolute Gasteiger partial charge is 0.309 e. The quantitative estimate of drug-likeness (QED) is 0.259. The molecule has 9 heteroatoms. The summed E-state index contributed by atoms with van der Waals surface area (Å²) < 4.78 is 0. The normalized spacial score (nSPS) is 16.7. The van der Waals surface area contributed by atoms with E-state index in [2.05, 4.69) is 20.4 Å². The Balaban J connectivity index is 1.71. The van der Waals surface area contributed by atoms with E-state index in [0.717, 1.165) is 63.0 Å². The van der Waals surface area contributed by atoms with Crippen LogP contribution in [0.3, 0.4) is 0 Å². The molecule has 6 N–H and O–H groups in total. The van der Waals surface area contributed by atoms with E-state index >= 15 is 0 Å². The van der Waals surface area contributed by atoms with Crippen molar-refractivity contribution in [2.24, 2.45) is 17.4 Å². The number of hydrogen-bond acceptors (Lipinski definition) is 6. The minimum absolute atomic E-state index is 0.0870. The summed E-state index contributed by atoms with van der Waals surface area (Å²) in [5, 5.41) is 5.34. The molecule has 1 aliphatic heterocycles. The van der Waals surface area contributed by atoms with Crippen LogP contribution in [-0.4, -0.2) is 73.8 Å². The van der Waals surface area contributed by atoms with Gasteiger partial charge in [0.1, 0.15) is 0 Å². The molecule has 1 aromatic rings. The lowest BCUT2D eigenvalue weighted by Crippen LogP contribution is -2.41. The van der Waals surface area contributed by atoms with Gasteiger partial charge in [-0.05, 0) is 70.0 Å². The number of carbonyl (C=O) groups excluding carboxylic acids is 3. The van der Waals surface area contributed by atoms with E-state index in [0.29, 0.717) is 19.6 Å². The van der Waals surface area contributed by atoms with E-state index in [-0.39, 0.29) is 18.4 Å². The highest BCUT2D eigenvalue weighted by Gasteiger charge is 2.23. The molecule has 0 aromatic heterocycles. The van der Waals surface area contributed by atoms with Gasteiger partial charge in [0.05, 0.1) is 5.92 Å². The van der Waals surface area contributed by atoms with Gasteiger partial charge in [-0.3, -0.25) is 19.3 Å². The zero-order chi connectivity index (χ0) is 23.3. The van der Waals surface area contributed by atoms with Crippen LogP contribution in [0, 0.1) is 5.92 Å². The van der Waals surface area contributed by atoms with Gasteiger partial charge in [-0.2, -0.15) is 0 Å². The number of benzene rings is 1. The number of primary amides is 1. The summed E-state index contributed by atoms with van der Waals surface area (Å²) in [5.41, 5.74) is 13.0. The lowest BCUT2D eigenvalue weighted by Gasteiger charge is -2.31. The molecular formula is C23H38N6O3. The molecule has 0 saturated carbocycles. The van der Waals surface area contributed by atoms with Crippen LogP contribution in [0.15, 0.2) is 24.3 Å². The van der Waals surface area contributed by atoms with Gasteiger partial charge in [0.25, 0.3) is 0 Å². The summed E-state index contributed by atoms with van der Waals surface area (Å²) in [7, 11) is 2.01. The molecule has 32 heavy (non-hydrogen) atoms. The monoisotopic (exact) mass is 446 g/mol. The number of hydrogen-bond donors (Lipinski definition) is 4. The van der Waals surface area contributed by atoms with Crippen molar-refractivity contribution < 1.29 is 14.4 Å².